The van der Waals surface area contributed by atoms with E-state index in [1.54, 1.807) is 0 Å². The van der Waals surface area contributed by atoms with Crippen LogP contribution in [0.4, 0.5) is 17.1 Å². The zero-order chi connectivity index (χ0) is 38.0. The number of hydrogen-bond acceptors (Lipinski definition) is 1. The summed E-state index contributed by atoms with van der Waals surface area (Å²) < 4.78 is 0. The minimum absolute atomic E-state index is 0.603. The molecule has 1 heteroatoms. The van der Waals surface area contributed by atoms with E-state index in [1.807, 2.05) is 0 Å². The lowest BCUT2D eigenvalue weighted by Gasteiger charge is -2.29. The Hall–Kier alpha value is -6.70. The molecule has 10 rings (SSSR count). The summed E-state index contributed by atoms with van der Waals surface area (Å²) in [5, 5.41) is 5.27. The molecular formula is C56H45N. The van der Waals surface area contributed by atoms with E-state index in [4.69, 9.17) is 0 Å². The van der Waals surface area contributed by atoms with Crippen LogP contribution >= 0.6 is 0 Å². The van der Waals surface area contributed by atoms with Crippen LogP contribution in [0.1, 0.15) is 43.6 Å². The fraction of sp³-hybridized carbons (Fsp3) is 0.107. The maximum absolute atomic E-state index is 2.44. The van der Waals surface area contributed by atoms with Gasteiger partial charge in [0.25, 0.3) is 0 Å². The maximum atomic E-state index is 2.44. The predicted octanol–water partition coefficient (Wildman–Crippen LogP) is 16.2. The Kier molecular flexibility index (Phi) is 9.42. The molecule has 1 aliphatic carbocycles. The third kappa shape index (κ3) is 6.81. The number of nitrogens with zero attached hydrogens (tertiary/aromatic N) is 1. The normalized spacial score (nSPS) is 13.2. The summed E-state index contributed by atoms with van der Waals surface area (Å²) in [6.07, 6.45) is 6.53. The van der Waals surface area contributed by atoms with Crippen molar-refractivity contribution < 1.29 is 0 Å². The highest BCUT2D eigenvalue weighted by molar-refractivity contribution is 6.03. The minimum atomic E-state index is 0.603. The fourth-order valence-corrected chi connectivity index (χ4v) is 9.23. The zero-order valence-electron chi connectivity index (χ0n) is 32.2. The van der Waals surface area contributed by atoms with Crippen LogP contribution in [0.3, 0.4) is 0 Å². The maximum Gasteiger partial charge on any atom is 0.0540 e. The Morgan fingerprint density at radius 2 is 0.825 bits per heavy atom. The molecule has 57 heavy (non-hydrogen) atoms. The first kappa shape index (κ1) is 34.8. The van der Waals surface area contributed by atoms with Crippen molar-refractivity contribution in [3.05, 3.63) is 212 Å². The second kappa shape index (κ2) is 15.4. The number of anilines is 3. The van der Waals surface area contributed by atoms with Crippen LogP contribution in [0.5, 0.6) is 0 Å². The van der Waals surface area contributed by atoms with Crippen LogP contribution < -0.4 is 4.90 Å². The van der Waals surface area contributed by atoms with Gasteiger partial charge in [0, 0.05) is 16.9 Å². The van der Waals surface area contributed by atoms with E-state index in [0.717, 1.165) is 11.4 Å². The monoisotopic (exact) mass is 731 g/mol. The van der Waals surface area contributed by atoms with Crippen molar-refractivity contribution in [2.24, 2.45) is 0 Å². The average Bonchev–Trinajstić information content (AvgIpc) is 3.30. The first-order valence-corrected chi connectivity index (χ1v) is 20.5. The van der Waals surface area contributed by atoms with Gasteiger partial charge in [-0.25, -0.2) is 0 Å². The average molecular weight is 732 g/mol. The van der Waals surface area contributed by atoms with Crippen molar-refractivity contribution in [1.82, 2.24) is 0 Å². The quantitative estimate of drug-likeness (QED) is 0.150. The Morgan fingerprint density at radius 3 is 1.53 bits per heavy atom. The largest absolute Gasteiger partial charge is 0.310 e. The number of rotatable bonds is 8. The molecule has 1 saturated carbocycles. The molecule has 0 saturated heterocycles. The first-order valence-electron chi connectivity index (χ1n) is 20.5. The van der Waals surface area contributed by atoms with E-state index >= 15 is 0 Å². The van der Waals surface area contributed by atoms with Gasteiger partial charge in [-0.15, -0.1) is 0 Å². The van der Waals surface area contributed by atoms with E-state index in [9.17, 15) is 0 Å². The number of hydrogen-bond donors (Lipinski definition) is 0. The SMILES string of the molecule is c1ccc(-c2ccc(N(c3ccc(-c4ccc(-c5cccc6ccccc56)cc4)cc3)c3ccccc3-c3cccc4cccc(C5CCCCC5)c34)cc2)cc1. The molecule has 0 aliphatic heterocycles. The molecule has 9 aromatic carbocycles. The van der Waals surface area contributed by atoms with Gasteiger partial charge in [0.1, 0.15) is 0 Å². The van der Waals surface area contributed by atoms with Gasteiger partial charge in [0.15, 0.2) is 0 Å². The predicted molar refractivity (Wildman–Crippen MR) is 244 cm³/mol. The molecule has 0 unspecified atom stereocenters. The van der Waals surface area contributed by atoms with Gasteiger partial charge in [-0.3, -0.25) is 0 Å². The highest BCUT2D eigenvalue weighted by Gasteiger charge is 2.23. The highest BCUT2D eigenvalue weighted by atomic mass is 15.1. The van der Waals surface area contributed by atoms with Crippen LogP contribution in [0.15, 0.2) is 206 Å². The Labute approximate surface area is 336 Å². The lowest BCUT2D eigenvalue weighted by Crippen LogP contribution is -2.11. The molecule has 0 heterocycles. The summed E-state index contributed by atoms with van der Waals surface area (Å²) in [5.74, 6) is 0.603. The van der Waals surface area contributed by atoms with E-state index < -0.39 is 0 Å². The van der Waals surface area contributed by atoms with E-state index in [0.29, 0.717) is 5.92 Å². The van der Waals surface area contributed by atoms with Crippen LogP contribution in [-0.2, 0) is 0 Å². The van der Waals surface area contributed by atoms with Crippen molar-refractivity contribution in [1.29, 1.82) is 0 Å². The van der Waals surface area contributed by atoms with Gasteiger partial charge < -0.3 is 4.90 Å². The summed E-state index contributed by atoms with van der Waals surface area (Å²) in [7, 11) is 0. The molecule has 0 atom stereocenters. The van der Waals surface area contributed by atoms with Crippen LogP contribution in [0, 0.1) is 0 Å². The second-order valence-corrected chi connectivity index (χ2v) is 15.5. The molecule has 274 valence electrons. The van der Waals surface area contributed by atoms with Crippen LogP contribution in [0.25, 0.3) is 66.1 Å². The van der Waals surface area contributed by atoms with Crippen molar-refractivity contribution in [3.63, 3.8) is 0 Å². The van der Waals surface area contributed by atoms with Crippen molar-refractivity contribution >= 4 is 38.6 Å². The number of fused-ring (bicyclic) bond motifs is 2. The zero-order valence-corrected chi connectivity index (χ0v) is 32.2. The molecule has 9 aromatic rings. The summed E-state index contributed by atoms with van der Waals surface area (Å²) in [5.41, 5.74) is 14.8. The minimum Gasteiger partial charge on any atom is -0.310 e. The van der Waals surface area contributed by atoms with Gasteiger partial charge in [-0.2, -0.15) is 0 Å². The van der Waals surface area contributed by atoms with Crippen molar-refractivity contribution in [2.75, 3.05) is 4.90 Å². The van der Waals surface area contributed by atoms with Crippen LogP contribution in [-0.4, -0.2) is 0 Å². The summed E-state index contributed by atoms with van der Waals surface area (Å²) >= 11 is 0. The molecule has 1 fully saturated rings. The van der Waals surface area contributed by atoms with E-state index in [-0.39, 0.29) is 0 Å². The molecular weight excluding hydrogens is 687 g/mol. The lowest BCUT2D eigenvalue weighted by molar-refractivity contribution is 0.445. The van der Waals surface area contributed by atoms with Gasteiger partial charge in [0.2, 0.25) is 0 Å². The molecule has 0 radical (unpaired) electrons. The van der Waals surface area contributed by atoms with E-state index in [1.165, 1.54) is 109 Å². The standard InChI is InChI=1S/C56H45N/c1-3-14-40(15-4-1)42-32-36-48(37-33-42)57(49-38-34-43(35-39-49)41-28-30-46(31-29-41)51-24-11-19-44-18-7-8-22-50(44)51)55-27-10-9-23-53(55)54-26-13-21-47-20-12-25-52(56(47)54)45-16-5-2-6-17-45/h1,3-4,7-15,18-39,45H,2,5-6,16-17H2. The number of para-hydroxylation sites is 1. The van der Waals surface area contributed by atoms with E-state index in [2.05, 4.69) is 211 Å². The molecule has 0 spiro atoms. The molecule has 1 aliphatic rings. The van der Waals surface area contributed by atoms with Gasteiger partial charge >= 0.3 is 0 Å². The lowest BCUT2D eigenvalue weighted by atomic mass is 9.80. The van der Waals surface area contributed by atoms with Gasteiger partial charge in [0.05, 0.1) is 5.69 Å². The van der Waals surface area contributed by atoms with Crippen LogP contribution in [0.2, 0.25) is 0 Å². The Balaban J connectivity index is 1.07. The number of benzene rings is 9. The highest BCUT2D eigenvalue weighted by Crippen LogP contribution is 2.46. The Morgan fingerprint density at radius 1 is 0.333 bits per heavy atom. The molecule has 0 amide bonds. The third-order valence-electron chi connectivity index (χ3n) is 12.1. The summed E-state index contributed by atoms with van der Waals surface area (Å²) in [4.78, 5) is 2.44. The third-order valence-corrected chi connectivity index (χ3v) is 12.1. The summed E-state index contributed by atoms with van der Waals surface area (Å²) in [6.45, 7) is 0. The second-order valence-electron chi connectivity index (χ2n) is 15.5. The fourth-order valence-electron chi connectivity index (χ4n) is 9.23. The van der Waals surface area contributed by atoms with Crippen molar-refractivity contribution in [3.8, 4) is 44.5 Å². The molecule has 0 N–H and O–H groups in total. The Bertz CT molecular complexity index is 2780. The smallest absolute Gasteiger partial charge is 0.0540 e. The topological polar surface area (TPSA) is 3.24 Å². The molecule has 0 bridgehead atoms. The van der Waals surface area contributed by atoms with Crippen molar-refractivity contribution in [2.45, 2.75) is 38.0 Å². The molecule has 0 aromatic heterocycles. The summed E-state index contributed by atoms with van der Waals surface area (Å²) in [6, 6.07) is 75.9. The van der Waals surface area contributed by atoms with Gasteiger partial charge in [-0.1, -0.05) is 195 Å². The molecule has 1 nitrogen and oxygen atoms in total. The first-order chi connectivity index (χ1) is 28.3. The van der Waals surface area contributed by atoms with Gasteiger partial charge in [-0.05, 0) is 115 Å².